The lowest BCUT2D eigenvalue weighted by atomic mass is 10.1. The standard InChI is InChI=1S/C14H20FIO/c1-2-3-4-5-10-17-14(11-16)12-6-8-13(15)9-7-12/h6-9,14H,2-5,10-11H2,1H3. The van der Waals surface area contributed by atoms with Gasteiger partial charge in [0.15, 0.2) is 0 Å². The fourth-order valence-corrected chi connectivity index (χ4v) is 2.42. The second-order valence-corrected chi connectivity index (χ2v) is 5.01. The molecule has 0 aromatic heterocycles. The molecular formula is C14H20FIO. The Hall–Kier alpha value is -0.160. The molecule has 0 amide bonds. The van der Waals surface area contributed by atoms with Gasteiger partial charge in [-0.25, -0.2) is 4.39 Å². The summed E-state index contributed by atoms with van der Waals surface area (Å²) in [4.78, 5) is 0. The van der Waals surface area contributed by atoms with Gasteiger partial charge < -0.3 is 4.74 Å². The molecular weight excluding hydrogens is 330 g/mol. The van der Waals surface area contributed by atoms with E-state index in [0.717, 1.165) is 23.0 Å². The van der Waals surface area contributed by atoms with Crippen LogP contribution in [0.3, 0.4) is 0 Å². The first-order chi connectivity index (χ1) is 8.27. The van der Waals surface area contributed by atoms with Gasteiger partial charge >= 0.3 is 0 Å². The van der Waals surface area contributed by atoms with Crippen molar-refractivity contribution in [2.75, 3.05) is 11.0 Å². The number of ether oxygens (including phenoxy) is 1. The van der Waals surface area contributed by atoms with Crippen LogP contribution < -0.4 is 0 Å². The van der Waals surface area contributed by atoms with E-state index in [1.165, 1.54) is 31.4 Å². The van der Waals surface area contributed by atoms with Crippen molar-refractivity contribution < 1.29 is 9.13 Å². The predicted octanol–water partition coefficient (Wildman–Crippen LogP) is 4.90. The molecule has 0 radical (unpaired) electrons. The van der Waals surface area contributed by atoms with Crippen molar-refractivity contribution in [2.45, 2.75) is 38.7 Å². The van der Waals surface area contributed by atoms with Gasteiger partial charge in [0.05, 0.1) is 6.10 Å². The van der Waals surface area contributed by atoms with E-state index in [1.54, 1.807) is 0 Å². The zero-order chi connectivity index (χ0) is 12.5. The molecule has 0 bridgehead atoms. The highest BCUT2D eigenvalue weighted by atomic mass is 127. The molecule has 17 heavy (non-hydrogen) atoms. The van der Waals surface area contributed by atoms with Gasteiger partial charge in [0.1, 0.15) is 5.82 Å². The number of alkyl halides is 1. The Bertz CT molecular complexity index is 300. The molecule has 1 rings (SSSR count). The molecule has 0 N–H and O–H groups in total. The first-order valence-corrected chi connectivity index (χ1v) is 7.73. The molecule has 3 heteroatoms. The van der Waals surface area contributed by atoms with Gasteiger partial charge in [0.25, 0.3) is 0 Å². The molecule has 1 nitrogen and oxygen atoms in total. The summed E-state index contributed by atoms with van der Waals surface area (Å²) in [5.74, 6) is -0.191. The van der Waals surface area contributed by atoms with Crippen LogP contribution in [0.1, 0.15) is 44.3 Å². The normalized spacial score (nSPS) is 12.6. The maximum absolute atomic E-state index is 12.8. The number of halogens is 2. The molecule has 1 aromatic carbocycles. The Kier molecular flexibility index (Phi) is 7.77. The van der Waals surface area contributed by atoms with Crippen molar-refractivity contribution in [1.29, 1.82) is 0 Å². The highest BCUT2D eigenvalue weighted by Gasteiger charge is 2.09. The first-order valence-electron chi connectivity index (χ1n) is 6.21. The van der Waals surface area contributed by atoms with Crippen molar-refractivity contribution >= 4 is 22.6 Å². The summed E-state index contributed by atoms with van der Waals surface area (Å²) in [6, 6.07) is 6.61. The van der Waals surface area contributed by atoms with Crippen LogP contribution in [-0.2, 0) is 4.74 Å². The monoisotopic (exact) mass is 350 g/mol. The predicted molar refractivity (Wildman–Crippen MR) is 78.1 cm³/mol. The molecule has 0 spiro atoms. The Morgan fingerprint density at radius 1 is 1.18 bits per heavy atom. The third-order valence-corrected chi connectivity index (χ3v) is 3.50. The second kappa shape index (κ2) is 8.86. The quantitative estimate of drug-likeness (QED) is 0.368. The maximum Gasteiger partial charge on any atom is 0.123 e. The maximum atomic E-state index is 12.8. The summed E-state index contributed by atoms with van der Waals surface area (Å²) in [6.45, 7) is 3.00. The van der Waals surface area contributed by atoms with E-state index in [9.17, 15) is 4.39 Å². The van der Waals surface area contributed by atoms with Crippen LogP contribution in [-0.4, -0.2) is 11.0 Å². The number of hydrogen-bond acceptors (Lipinski definition) is 1. The van der Waals surface area contributed by atoms with Crippen molar-refractivity contribution in [3.63, 3.8) is 0 Å². The van der Waals surface area contributed by atoms with E-state index in [-0.39, 0.29) is 11.9 Å². The smallest absolute Gasteiger partial charge is 0.123 e. The van der Waals surface area contributed by atoms with Gasteiger partial charge in [-0.15, -0.1) is 0 Å². The molecule has 0 aliphatic heterocycles. The van der Waals surface area contributed by atoms with Crippen LogP contribution >= 0.6 is 22.6 Å². The molecule has 0 heterocycles. The molecule has 1 aromatic rings. The van der Waals surface area contributed by atoms with E-state index < -0.39 is 0 Å². The number of benzene rings is 1. The van der Waals surface area contributed by atoms with E-state index in [1.807, 2.05) is 12.1 Å². The van der Waals surface area contributed by atoms with Crippen molar-refractivity contribution in [3.05, 3.63) is 35.6 Å². The number of hydrogen-bond donors (Lipinski definition) is 0. The molecule has 0 saturated heterocycles. The van der Waals surface area contributed by atoms with Gasteiger partial charge in [0.2, 0.25) is 0 Å². The summed E-state index contributed by atoms with van der Waals surface area (Å²) in [7, 11) is 0. The summed E-state index contributed by atoms with van der Waals surface area (Å²) in [5.41, 5.74) is 1.07. The minimum atomic E-state index is -0.191. The highest BCUT2D eigenvalue weighted by Crippen LogP contribution is 2.20. The topological polar surface area (TPSA) is 9.23 Å². The summed E-state index contributed by atoms with van der Waals surface area (Å²) in [5, 5.41) is 0. The molecule has 1 unspecified atom stereocenters. The first kappa shape index (κ1) is 14.9. The Balaban J connectivity index is 2.35. The van der Waals surface area contributed by atoms with Crippen LogP contribution in [0.25, 0.3) is 0 Å². The van der Waals surface area contributed by atoms with Gasteiger partial charge in [-0.2, -0.15) is 0 Å². The molecule has 1 atom stereocenters. The van der Waals surface area contributed by atoms with Crippen LogP contribution in [0.4, 0.5) is 4.39 Å². The van der Waals surface area contributed by atoms with Crippen molar-refractivity contribution in [1.82, 2.24) is 0 Å². The second-order valence-electron chi connectivity index (χ2n) is 4.13. The van der Waals surface area contributed by atoms with Crippen LogP contribution in [0, 0.1) is 5.82 Å². The Morgan fingerprint density at radius 2 is 1.88 bits per heavy atom. The Morgan fingerprint density at radius 3 is 2.47 bits per heavy atom. The average Bonchev–Trinajstić information content (AvgIpc) is 2.35. The molecule has 0 fully saturated rings. The molecule has 0 aliphatic carbocycles. The van der Waals surface area contributed by atoms with Gasteiger partial charge in [-0.1, -0.05) is 60.9 Å². The lowest BCUT2D eigenvalue weighted by Crippen LogP contribution is -2.07. The van der Waals surface area contributed by atoms with Crippen molar-refractivity contribution in [2.24, 2.45) is 0 Å². The van der Waals surface area contributed by atoms with E-state index in [0.29, 0.717) is 0 Å². The van der Waals surface area contributed by atoms with E-state index >= 15 is 0 Å². The number of unbranched alkanes of at least 4 members (excludes halogenated alkanes) is 3. The minimum absolute atomic E-state index is 0.0952. The zero-order valence-electron chi connectivity index (χ0n) is 10.3. The third-order valence-electron chi connectivity index (χ3n) is 2.70. The highest BCUT2D eigenvalue weighted by molar-refractivity contribution is 14.1. The largest absolute Gasteiger partial charge is 0.373 e. The van der Waals surface area contributed by atoms with Crippen LogP contribution in [0.15, 0.2) is 24.3 Å². The van der Waals surface area contributed by atoms with E-state index in [2.05, 4.69) is 29.5 Å². The molecule has 0 saturated carbocycles. The number of rotatable bonds is 8. The van der Waals surface area contributed by atoms with Gasteiger partial charge in [-0.05, 0) is 24.1 Å². The van der Waals surface area contributed by atoms with Gasteiger partial charge in [0, 0.05) is 11.0 Å². The van der Waals surface area contributed by atoms with Gasteiger partial charge in [-0.3, -0.25) is 0 Å². The summed E-state index contributed by atoms with van der Waals surface area (Å²) in [6.07, 6.45) is 4.95. The summed E-state index contributed by atoms with van der Waals surface area (Å²) >= 11 is 2.31. The van der Waals surface area contributed by atoms with Crippen LogP contribution in [0.5, 0.6) is 0 Å². The third kappa shape index (κ3) is 5.82. The molecule has 0 aliphatic rings. The lowest BCUT2D eigenvalue weighted by Gasteiger charge is -2.15. The SMILES string of the molecule is CCCCCCOC(CI)c1ccc(F)cc1. The fraction of sp³-hybridized carbons (Fsp3) is 0.571. The van der Waals surface area contributed by atoms with Crippen LogP contribution in [0.2, 0.25) is 0 Å². The van der Waals surface area contributed by atoms with E-state index in [4.69, 9.17) is 4.74 Å². The zero-order valence-corrected chi connectivity index (χ0v) is 12.5. The lowest BCUT2D eigenvalue weighted by molar-refractivity contribution is 0.0679. The minimum Gasteiger partial charge on any atom is -0.373 e. The Labute approximate surface area is 117 Å². The summed E-state index contributed by atoms with van der Waals surface area (Å²) < 4.78 is 19.5. The fourth-order valence-electron chi connectivity index (χ4n) is 1.66. The molecule has 96 valence electrons. The van der Waals surface area contributed by atoms with Crippen molar-refractivity contribution in [3.8, 4) is 0 Å². The average molecular weight is 350 g/mol.